The van der Waals surface area contributed by atoms with Crippen molar-refractivity contribution >= 4 is 6.09 Å². The van der Waals surface area contributed by atoms with Gasteiger partial charge in [0.2, 0.25) is 0 Å². The number of nitrogens with one attached hydrogen (secondary N) is 1. The van der Waals surface area contributed by atoms with Crippen LogP contribution >= 0.6 is 0 Å². The maximum atomic E-state index is 11.2. The zero-order valence-electron chi connectivity index (χ0n) is 10.1. The van der Waals surface area contributed by atoms with E-state index in [9.17, 15) is 4.79 Å². The first kappa shape index (κ1) is 12.3. The first-order valence-corrected chi connectivity index (χ1v) is 6.02. The van der Waals surface area contributed by atoms with Crippen LogP contribution in [0.5, 0.6) is 0 Å². The molecule has 0 saturated heterocycles. The monoisotopic (exact) mass is 213 g/mol. The smallest absolute Gasteiger partial charge is 0.407 e. The minimum absolute atomic E-state index is 0.0311. The van der Waals surface area contributed by atoms with Crippen LogP contribution in [0.3, 0.4) is 0 Å². The fraction of sp³-hybridized carbons (Fsp3) is 0.917. The Morgan fingerprint density at radius 3 is 2.47 bits per heavy atom. The van der Waals surface area contributed by atoms with Crippen molar-refractivity contribution in [3.63, 3.8) is 0 Å². The van der Waals surface area contributed by atoms with E-state index in [1.54, 1.807) is 0 Å². The molecule has 3 heteroatoms. The summed E-state index contributed by atoms with van der Waals surface area (Å²) >= 11 is 0. The van der Waals surface area contributed by atoms with E-state index >= 15 is 0 Å². The van der Waals surface area contributed by atoms with E-state index < -0.39 is 0 Å². The van der Waals surface area contributed by atoms with Crippen LogP contribution in [-0.4, -0.2) is 18.7 Å². The normalized spacial score (nSPS) is 26.4. The van der Waals surface area contributed by atoms with Crippen LogP contribution in [0, 0.1) is 11.8 Å². The molecule has 0 spiro atoms. The summed E-state index contributed by atoms with van der Waals surface area (Å²) in [5, 5.41) is 2.84. The van der Waals surface area contributed by atoms with E-state index in [4.69, 9.17) is 4.74 Å². The predicted molar refractivity (Wildman–Crippen MR) is 60.7 cm³/mol. The second kappa shape index (κ2) is 5.99. The number of carbonyl (C=O) groups is 1. The van der Waals surface area contributed by atoms with Crippen molar-refractivity contribution in [2.45, 2.75) is 52.6 Å². The van der Waals surface area contributed by atoms with E-state index in [-0.39, 0.29) is 12.2 Å². The van der Waals surface area contributed by atoms with Crippen LogP contribution in [0.4, 0.5) is 4.79 Å². The number of ether oxygens (including phenoxy) is 1. The largest absolute Gasteiger partial charge is 0.447 e. The molecule has 0 bridgehead atoms. The van der Waals surface area contributed by atoms with E-state index in [1.165, 1.54) is 25.7 Å². The molecule has 15 heavy (non-hydrogen) atoms. The molecular formula is C12H23NO2. The Morgan fingerprint density at radius 1 is 1.33 bits per heavy atom. The van der Waals surface area contributed by atoms with Crippen LogP contribution in [-0.2, 0) is 4.74 Å². The van der Waals surface area contributed by atoms with Gasteiger partial charge in [0, 0.05) is 6.54 Å². The van der Waals surface area contributed by atoms with Gasteiger partial charge in [-0.25, -0.2) is 4.79 Å². The summed E-state index contributed by atoms with van der Waals surface area (Å²) in [6.07, 6.45) is 4.77. The summed E-state index contributed by atoms with van der Waals surface area (Å²) in [6, 6.07) is 0. The summed E-state index contributed by atoms with van der Waals surface area (Å²) in [4.78, 5) is 11.2. The molecule has 3 nitrogen and oxygen atoms in total. The minimum Gasteiger partial charge on any atom is -0.447 e. The van der Waals surface area contributed by atoms with Crippen LogP contribution in [0.25, 0.3) is 0 Å². The lowest BCUT2D eigenvalue weighted by atomic mass is 9.83. The van der Waals surface area contributed by atoms with Crippen molar-refractivity contribution in [1.82, 2.24) is 5.32 Å². The number of hydrogen-bond acceptors (Lipinski definition) is 2. The van der Waals surface area contributed by atoms with E-state index in [1.807, 2.05) is 13.8 Å². The molecule has 1 fully saturated rings. The van der Waals surface area contributed by atoms with Gasteiger partial charge in [-0.3, -0.25) is 0 Å². The van der Waals surface area contributed by atoms with Crippen molar-refractivity contribution < 1.29 is 9.53 Å². The van der Waals surface area contributed by atoms with E-state index in [2.05, 4.69) is 12.2 Å². The predicted octanol–water partition coefficient (Wildman–Crippen LogP) is 2.95. The Bertz CT molecular complexity index is 196. The van der Waals surface area contributed by atoms with E-state index in [0.29, 0.717) is 5.92 Å². The molecule has 88 valence electrons. The van der Waals surface area contributed by atoms with Crippen LogP contribution < -0.4 is 5.32 Å². The topological polar surface area (TPSA) is 38.3 Å². The van der Waals surface area contributed by atoms with Crippen molar-refractivity contribution in [3.05, 3.63) is 0 Å². The Hall–Kier alpha value is -0.730. The summed E-state index contributed by atoms with van der Waals surface area (Å²) in [5.74, 6) is 1.52. The third-order valence-corrected chi connectivity index (χ3v) is 3.01. The van der Waals surface area contributed by atoms with Gasteiger partial charge in [-0.15, -0.1) is 0 Å². The standard InChI is InChI=1S/C12H23NO2/c1-9(2)15-12(14)13-8-11-6-4-10(3)5-7-11/h9-11H,4-8H2,1-3H3,(H,13,14)/t10-,11-. The molecule has 1 saturated carbocycles. The molecule has 1 N–H and O–H groups in total. The van der Waals surface area contributed by atoms with Crippen molar-refractivity contribution in [2.24, 2.45) is 11.8 Å². The van der Waals surface area contributed by atoms with E-state index in [0.717, 1.165) is 12.5 Å². The van der Waals surface area contributed by atoms with Crippen molar-refractivity contribution in [1.29, 1.82) is 0 Å². The Labute approximate surface area is 92.6 Å². The SMILES string of the molecule is CC(C)OC(=O)NC[C@H]1CC[C@H](C)CC1. The third kappa shape index (κ3) is 5.05. The molecule has 0 unspecified atom stereocenters. The third-order valence-electron chi connectivity index (χ3n) is 3.01. The molecule has 0 heterocycles. The van der Waals surface area contributed by atoms with Crippen LogP contribution in [0.2, 0.25) is 0 Å². The summed E-state index contributed by atoms with van der Waals surface area (Å²) in [6.45, 7) is 6.80. The molecule has 0 aromatic rings. The minimum atomic E-state index is -0.274. The Kier molecular flexibility index (Phi) is 4.92. The second-order valence-corrected chi connectivity index (χ2v) is 4.96. The fourth-order valence-corrected chi connectivity index (χ4v) is 2.02. The number of hydrogen-bond donors (Lipinski definition) is 1. The Morgan fingerprint density at radius 2 is 1.93 bits per heavy atom. The fourth-order valence-electron chi connectivity index (χ4n) is 2.02. The van der Waals surface area contributed by atoms with Gasteiger partial charge in [-0.2, -0.15) is 0 Å². The first-order chi connectivity index (χ1) is 7.08. The molecule has 0 radical (unpaired) electrons. The zero-order valence-corrected chi connectivity index (χ0v) is 10.1. The highest BCUT2D eigenvalue weighted by atomic mass is 16.6. The van der Waals surface area contributed by atoms with Gasteiger partial charge in [0.1, 0.15) is 0 Å². The summed E-state index contributed by atoms with van der Waals surface area (Å²) in [5.41, 5.74) is 0. The highest BCUT2D eigenvalue weighted by molar-refractivity contribution is 5.67. The number of amides is 1. The summed E-state index contributed by atoms with van der Waals surface area (Å²) in [7, 11) is 0. The van der Waals surface area contributed by atoms with Gasteiger partial charge >= 0.3 is 6.09 Å². The first-order valence-electron chi connectivity index (χ1n) is 6.02. The molecule has 1 aliphatic carbocycles. The van der Waals surface area contributed by atoms with Gasteiger partial charge in [0.05, 0.1) is 6.10 Å². The highest BCUT2D eigenvalue weighted by Gasteiger charge is 2.18. The van der Waals surface area contributed by atoms with Crippen molar-refractivity contribution in [3.8, 4) is 0 Å². The molecule has 0 aromatic carbocycles. The maximum Gasteiger partial charge on any atom is 0.407 e. The molecule has 1 amide bonds. The lowest BCUT2D eigenvalue weighted by Gasteiger charge is -2.26. The average Bonchev–Trinajstić information content (AvgIpc) is 2.16. The quantitative estimate of drug-likeness (QED) is 0.782. The molecule has 1 rings (SSSR count). The summed E-state index contributed by atoms with van der Waals surface area (Å²) < 4.78 is 5.01. The van der Waals surface area contributed by atoms with Gasteiger partial charge in [0.25, 0.3) is 0 Å². The molecule has 0 aromatic heterocycles. The lowest BCUT2D eigenvalue weighted by Crippen LogP contribution is -2.32. The number of carbonyl (C=O) groups excluding carboxylic acids is 1. The Balaban J connectivity index is 2.12. The van der Waals surface area contributed by atoms with Gasteiger partial charge in [-0.1, -0.05) is 19.8 Å². The molecule has 0 aliphatic heterocycles. The maximum absolute atomic E-state index is 11.2. The molecular weight excluding hydrogens is 190 g/mol. The number of rotatable bonds is 3. The van der Waals surface area contributed by atoms with Gasteiger partial charge < -0.3 is 10.1 Å². The lowest BCUT2D eigenvalue weighted by molar-refractivity contribution is 0.113. The van der Waals surface area contributed by atoms with Gasteiger partial charge in [0.15, 0.2) is 0 Å². The average molecular weight is 213 g/mol. The number of alkyl carbamates (subject to hydrolysis) is 1. The molecule has 0 atom stereocenters. The highest BCUT2D eigenvalue weighted by Crippen LogP contribution is 2.27. The van der Waals surface area contributed by atoms with Crippen molar-refractivity contribution in [2.75, 3.05) is 6.54 Å². The zero-order chi connectivity index (χ0) is 11.3. The molecule has 1 aliphatic rings. The second-order valence-electron chi connectivity index (χ2n) is 4.96. The van der Waals surface area contributed by atoms with Gasteiger partial charge in [-0.05, 0) is 38.5 Å². The van der Waals surface area contributed by atoms with Crippen LogP contribution in [0.15, 0.2) is 0 Å². The van der Waals surface area contributed by atoms with Crippen LogP contribution in [0.1, 0.15) is 46.5 Å².